The Morgan fingerprint density at radius 3 is 2.78 bits per heavy atom. The number of hydrogen-bond acceptors (Lipinski definition) is 7. The lowest BCUT2D eigenvalue weighted by Crippen LogP contribution is -2.43. The topological polar surface area (TPSA) is 111 Å². The second kappa shape index (κ2) is 6.54. The van der Waals surface area contributed by atoms with Crippen LogP contribution in [0.4, 0.5) is 5.69 Å². The molecule has 4 rings (SSSR count). The molecule has 2 aromatic rings. The van der Waals surface area contributed by atoms with Gasteiger partial charge in [-0.15, -0.1) is 0 Å². The Balaban J connectivity index is 1.57. The molecule has 1 aromatic carbocycles. The van der Waals surface area contributed by atoms with Crippen molar-refractivity contribution in [2.24, 2.45) is 0 Å². The van der Waals surface area contributed by atoms with E-state index in [-0.39, 0.29) is 35.6 Å². The summed E-state index contributed by atoms with van der Waals surface area (Å²) in [5.74, 6) is 0.979. The molecule has 1 fully saturated rings. The number of aryl methyl sites for hydroxylation is 2. The fraction of sp³-hybridized carbons (Fsp3) is 0.412. The molecule has 1 atom stereocenters. The Kier molecular flexibility index (Phi) is 4.31. The van der Waals surface area contributed by atoms with Crippen LogP contribution in [0.15, 0.2) is 27.6 Å². The molecule has 1 saturated heterocycles. The summed E-state index contributed by atoms with van der Waals surface area (Å²) in [6.07, 6.45) is 1.04. The molecule has 2 aliphatic rings. The van der Waals surface area contributed by atoms with Gasteiger partial charge in [0.2, 0.25) is 22.7 Å². The number of amides is 1. The Morgan fingerprint density at radius 1 is 1.26 bits per heavy atom. The zero-order chi connectivity index (χ0) is 19.2. The summed E-state index contributed by atoms with van der Waals surface area (Å²) in [6, 6.07) is 4.25. The van der Waals surface area contributed by atoms with Gasteiger partial charge in [-0.1, -0.05) is 5.16 Å². The fourth-order valence-corrected chi connectivity index (χ4v) is 5.40. The molecule has 1 amide bonds. The minimum atomic E-state index is -3.88. The molecule has 0 bridgehead atoms. The first-order valence-corrected chi connectivity index (χ1v) is 9.97. The van der Waals surface area contributed by atoms with Gasteiger partial charge in [0.15, 0.2) is 17.3 Å². The van der Waals surface area contributed by atoms with Crippen molar-refractivity contribution >= 4 is 21.6 Å². The van der Waals surface area contributed by atoms with Crippen LogP contribution in [0.1, 0.15) is 24.3 Å². The van der Waals surface area contributed by atoms with Crippen molar-refractivity contribution in [1.29, 1.82) is 0 Å². The van der Waals surface area contributed by atoms with E-state index in [1.807, 2.05) is 0 Å². The molecule has 2 aliphatic heterocycles. The highest BCUT2D eigenvalue weighted by Gasteiger charge is 2.42. The van der Waals surface area contributed by atoms with Crippen molar-refractivity contribution < 1.29 is 27.2 Å². The number of fused-ring (bicyclic) bond motifs is 1. The zero-order valence-corrected chi connectivity index (χ0v) is 15.7. The summed E-state index contributed by atoms with van der Waals surface area (Å²) in [7, 11) is -3.88. The van der Waals surface area contributed by atoms with E-state index in [4.69, 9.17) is 14.0 Å². The number of rotatable bonds is 4. The van der Waals surface area contributed by atoms with Crippen molar-refractivity contribution in [1.82, 2.24) is 9.46 Å². The zero-order valence-electron chi connectivity index (χ0n) is 14.9. The van der Waals surface area contributed by atoms with E-state index in [9.17, 15) is 13.2 Å². The second-order valence-electron chi connectivity index (χ2n) is 6.48. The highest BCUT2D eigenvalue weighted by atomic mass is 32.2. The summed E-state index contributed by atoms with van der Waals surface area (Å²) in [5, 5.41) is 6.49. The number of nitrogens with one attached hydrogen (secondary N) is 1. The number of benzene rings is 1. The molecule has 27 heavy (non-hydrogen) atoms. The van der Waals surface area contributed by atoms with Crippen LogP contribution >= 0.6 is 0 Å². The third-order valence-corrected chi connectivity index (χ3v) is 6.83. The quantitative estimate of drug-likeness (QED) is 0.843. The van der Waals surface area contributed by atoms with E-state index in [0.29, 0.717) is 30.0 Å². The van der Waals surface area contributed by atoms with E-state index in [0.717, 1.165) is 0 Å². The van der Waals surface area contributed by atoms with Gasteiger partial charge in [0, 0.05) is 18.3 Å². The summed E-state index contributed by atoms with van der Waals surface area (Å²) in [5.41, 5.74) is 0.806. The molecular formula is C17H19N3O6S. The molecule has 0 saturated carbocycles. The van der Waals surface area contributed by atoms with Crippen LogP contribution in [-0.4, -0.2) is 43.2 Å². The van der Waals surface area contributed by atoms with Gasteiger partial charge >= 0.3 is 0 Å². The molecule has 10 heteroatoms. The standard InChI is InChI=1S/C17H19N3O6S/c1-10-16(11(2)26-19-10)27(22,23)20-7-3-4-13(20)17(21)18-12-5-6-14-15(8-12)25-9-24-14/h5-6,8,13H,3-4,7,9H2,1-2H3,(H,18,21)/t13-/m0/s1. The molecule has 1 N–H and O–H groups in total. The average molecular weight is 393 g/mol. The van der Waals surface area contributed by atoms with Crippen LogP contribution < -0.4 is 14.8 Å². The molecule has 144 valence electrons. The maximum Gasteiger partial charge on any atom is 0.249 e. The van der Waals surface area contributed by atoms with Crippen LogP contribution in [0.5, 0.6) is 11.5 Å². The Bertz CT molecular complexity index is 981. The van der Waals surface area contributed by atoms with Crippen molar-refractivity contribution in [2.45, 2.75) is 37.6 Å². The van der Waals surface area contributed by atoms with E-state index in [1.165, 1.54) is 4.31 Å². The maximum absolute atomic E-state index is 13.1. The summed E-state index contributed by atoms with van der Waals surface area (Å²) >= 11 is 0. The number of hydrogen-bond donors (Lipinski definition) is 1. The molecule has 0 spiro atoms. The van der Waals surface area contributed by atoms with Crippen LogP contribution in [0.3, 0.4) is 0 Å². The number of ether oxygens (including phenoxy) is 2. The molecule has 0 radical (unpaired) electrons. The Morgan fingerprint density at radius 2 is 2.04 bits per heavy atom. The Hall–Kier alpha value is -2.59. The monoisotopic (exact) mass is 393 g/mol. The van der Waals surface area contributed by atoms with Gasteiger partial charge in [-0.2, -0.15) is 4.31 Å². The van der Waals surface area contributed by atoms with E-state index in [2.05, 4.69) is 10.5 Å². The summed E-state index contributed by atoms with van der Waals surface area (Å²) in [4.78, 5) is 12.8. The molecule has 9 nitrogen and oxygen atoms in total. The second-order valence-corrected chi connectivity index (χ2v) is 8.31. The Labute approximate surface area is 156 Å². The fourth-order valence-electron chi connectivity index (χ4n) is 3.45. The van der Waals surface area contributed by atoms with Crippen LogP contribution in [-0.2, 0) is 14.8 Å². The van der Waals surface area contributed by atoms with Crippen molar-refractivity contribution in [3.05, 3.63) is 29.7 Å². The lowest BCUT2D eigenvalue weighted by molar-refractivity contribution is -0.119. The molecule has 1 aromatic heterocycles. The summed E-state index contributed by atoms with van der Waals surface area (Å²) < 4.78 is 42.9. The predicted octanol–water partition coefficient (Wildman–Crippen LogP) is 1.81. The number of carbonyl (C=O) groups is 1. The highest BCUT2D eigenvalue weighted by Crippen LogP contribution is 2.35. The molecular weight excluding hydrogens is 374 g/mol. The molecule has 3 heterocycles. The summed E-state index contributed by atoms with van der Waals surface area (Å²) in [6.45, 7) is 3.52. The number of aromatic nitrogens is 1. The van der Waals surface area contributed by atoms with Gasteiger partial charge in [-0.3, -0.25) is 4.79 Å². The minimum Gasteiger partial charge on any atom is -0.454 e. The van der Waals surface area contributed by atoms with Crippen LogP contribution in [0, 0.1) is 13.8 Å². The van der Waals surface area contributed by atoms with Gasteiger partial charge in [-0.25, -0.2) is 8.42 Å². The van der Waals surface area contributed by atoms with E-state index < -0.39 is 16.1 Å². The normalized spacial score (nSPS) is 19.4. The third-order valence-electron chi connectivity index (χ3n) is 4.68. The molecule has 0 aliphatic carbocycles. The largest absolute Gasteiger partial charge is 0.454 e. The van der Waals surface area contributed by atoms with Crippen LogP contribution in [0.2, 0.25) is 0 Å². The smallest absolute Gasteiger partial charge is 0.249 e. The van der Waals surface area contributed by atoms with Gasteiger partial charge in [0.25, 0.3) is 0 Å². The van der Waals surface area contributed by atoms with Crippen molar-refractivity contribution in [3.8, 4) is 11.5 Å². The van der Waals surface area contributed by atoms with Gasteiger partial charge in [0.05, 0.1) is 0 Å². The number of nitrogens with zero attached hydrogens (tertiary/aromatic N) is 2. The van der Waals surface area contributed by atoms with E-state index >= 15 is 0 Å². The first-order chi connectivity index (χ1) is 12.9. The predicted molar refractivity (Wildman–Crippen MR) is 94.1 cm³/mol. The number of anilines is 1. The highest BCUT2D eigenvalue weighted by molar-refractivity contribution is 7.89. The van der Waals surface area contributed by atoms with Crippen LogP contribution in [0.25, 0.3) is 0 Å². The molecule has 0 unspecified atom stereocenters. The third kappa shape index (κ3) is 3.04. The first kappa shape index (κ1) is 17.8. The SMILES string of the molecule is Cc1noc(C)c1S(=O)(=O)N1CCC[C@H]1C(=O)Nc1ccc2c(c1)OCO2. The van der Waals surface area contributed by atoms with Gasteiger partial charge in [0.1, 0.15) is 16.6 Å². The maximum atomic E-state index is 13.1. The van der Waals surface area contributed by atoms with Crippen molar-refractivity contribution in [3.63, 3.8) is 0 Å². The van der Waals surface area contributed by atoms with Gasteiger partial charge in [-0.05, 0) is 38.8 Å². The van der Waals surface area contributed by atoms with Gasteiger partial charge < -0.3 is 19.3 Å². The lowest BCUT2D eigenvalue weighted by atomic mass is 10.2. The lowest BCUT2D eigenvalue weighted by Gasteiger charge is -2.23. The van der Waals surface area contributed by atoms with E-state index in [1.54, 1.807) is 32.0 Å². The van der Waals surface area contributed by atoms with Crippen molar-refractivity contribution in [2.75, 3.05) is 18.7 Å². The first-order valence-electron chi connectivity index (χ1n) is 8.53. The average Bonchev–Trinajstić information content (AvgIpc) is 3.34. The minimum absolute atomic E-state index is 0.0327. The number of carbonyl (C=O) groups excluding carboxylic acids is 1. The number of sulfonamides is 1.